The van der Waals surface area contributed by atoms with Gasteiger partial charge in [-0.25, -0.2) is 4.68 Å². The molecule has 7 nitrogen and oxygen atoms in total. The Balaban J connectivity index is 1.47. The van der Waals surface area contributed by atoms with Crippen LogP contribution in [0.2, 0.25) is 10.0 Å². The number of aryl methyl sites for hydroxylation is 1. The fourth-order valence-electron chi connectivity index (χ4n) is 3.25. The number of rotatable bonds is 6. The normalized spacial score (nSPS) is 13.7. The monoisotopic (exact) mass is 418 g/mol. The first-order valence-electron chi connectivity index (χ1n) is 9.09. The number of carbonyl (C=O) groups is 1. The van der Waals surface area contributed by atoms with Crippen molar-refractivity contribution in [2.24, 2.45) is 0 Å². The fraction of sp³-hybridized carbons (Fsp3) is 0.368. The molecule has 0 bridgehead atoms. The number of hydrogen-bond donors (Lipinski definition) is 1. The summed E-state index contributed by atoms with van der Waals surface area (Å²) in [5.74, 6) is 0.709. The summed E-state index contributed by atoms with van der Waals surface area (Å²) in [7, 11) is 0. The summed E-state index contributed by atoms with van der Waals surface area (Å²) in [6, 6.07) is 5.83. The van der Waals surface area contributed by atoms with E-state index in [1.807, 2.05) is 24.5 Å². The van der Waals surface area contributed by atoms with Gasteiger partial charge in [-0.05, 0) is 44.9 Å². The zero-order valence-corrected chi connectivity index (χ0v) is 17.1. The summed E-state index contributed by atoms with van der Waals surface area (Å²) in [4.78, 5) is 12.5. The van der Waals surface area contributed by atoms with Gasteiger partial charge < -0.3 is 9.88 Å². The van der Waals surface area contributed by atoms with Crippen LogP contribution in [0.3, 0.4) is 0 Å². The number of carbonyl (C=O) groups excluding carboxylic acids is 1. The Morgan fingerprint density at radius 1 is 1.25 bits per heavy atom. The van der Waals surface area contributed by atoms with Gasteiger partial charge in [0.05, 0.1) is 34.4 Å². The van der Waals surface area contributed by atoms with E-state index >= 15 is 0 Å². The minimum Gasteiger partial charge on any atom is -0.349 e. The second-order valence-electron chi connectivity index (χ2n) is 7.00. The van der Waals surface area contributed by atoms with Crippen molar-refractivity contribution in [1.29, 1.82) is 0 Å². The molecule has 0 radical (unpaired) electrons. The molecule has 9 heteroatoms. The zero-order valence-electron chi connectivity index (χ0n) is 15.6. The molecule has 0 aliphatic heterocycles. The number of aromatic nitrogens is 5. The lowest BCUT2D eigenvalue weighted by molar-refractivity contribution is -0.120. The second-order valence-corrected chi connectivity index (χ2v) is 7.81. The number of halogens is 2. The van der Waals surface area contributed by atoms with E-state index in [2.05, 4.69) is 20.6 Å². The third-order valence-corrected chi connectivity index (χ3v) is 5.70. The topological polar surface area (TPSA) is 77.6 Å². The second kappa shape index (κ2) is 7.56. The van der Waals surface area contributed by atoms with Crippen LogP contribution in [0, 0.1) is 13.8 Å². The van der Waals surface area contributed by atoms with E-state index in [1.165, 1.54) is 0 Å². The molecule has 1 saturated carbocycles. The van der Waals surface area contributed by atoms with Gasteiger partial charge in [0.1, 0.15) is 6.33 Å². The van der Waals surface area contributed by atoms with Crippen molar-refractivity contribution in [3.05, 3.63) is 57.3 Å². The Morgan fingerprint density at radius 2 is 2.04 bits per heavy atom. The number of amides is 1. The first kappa shape index (κ1) is 19.0. The summed E-state index contributed by atoms with van der Waals surface area (Å²) in [6.45, 7) is 4.20. The van der Waals surface area contributed by atoms with Gasteiger partial charge in [0.15, 0.2) is 5.82 Å². The molecule has 1 N–H and O–H groups in total. The summed E-state index contributed by atoms with van der Waals surface area (Å²) in [5.41, 5.74) is 3.40. The molecule has 2 heterocycles. The molecule has 1 fully saturated rings. The maximum atomic E-state index is 12.5. The third kappa shape index (κ3) is 3.77. The molecule has 0 atom stereocenters. The SMILES string of the molecule is Cc1nn(-c2ccc(Cl)c(Cl)c2)c(C)c1CC(=O)NCc1nncn1C1CC1. The minimum absolute atomic E-state index is 0.0785. The standard InChI is InChI=1S/C19H20Cl2N6O/c1-11-15(12(2)27(25-11)14-5-6-16(20)17(21)7-14)8-19(28)22-9-18-24-23-10-26(18)13-3-4-13/h5-7,10,13H,3-4,8-9H2,1-2H3,(H,22,28). The van der Waals surface area contributed by atoms with Gasteiger partial charge in [0, 0.05) is 17.3 Å². The van der Waals surface area contributed by atoms with Crippen LogP contribution >= 0.6 is 23.2 Å². The molecule has 2 aromatic heterocycles. The third-order valence-electron chi connectivity index (χ3n) is 4.96. The highest BCUT2D eigenvalue weighted by Crippen LogP contribution is 2.35. The van der Waals surface area contributed by atoms with E-state index in [4.69, 9.17) is 23.2 Å². The van der Waals surface area contributed by atoms with Crippen molar-refractivity contribution < 1.29 is 4.79 Å². The number of hydrogen-bond acceptors (Lipinski definition) is 4. The van der Waals surface area contributed by atoms with Crippen molar-refractivity contribution >= 4 is 29.1 Å². The van der Waals surface area contributed by atoms with E-state index in [9.17, 15) is 4.79 Å². The highest BCUT2D eigenvalue weighted by molar-refractivity contribution is 6.42. The Morgan fingerprint density at radius 3 is 2.75 bits per heavy atom. The summed E-state index contributed by atoms with van der Waals surface area (Å²) < 4.78 is 3.82. The van der Waals surface area contributed by atoms with Gasteiger partial charge in [-0.2, -0.15) is 5.10 Å². The molecule has 0 saturated heterocycles. The Kier molecular flexibility index (Phi) is 5.12. The molecule has 1 aromatic carbocycles. The first-order chi connectivity index (χ1) is 13.4. The van der Waals surface area contributed by atoms with Crippen LogP contribution in [0.25, 0.3) is 5.69 Å². The average molecular weight is 419 g/mol. The van der Waals surface area contributed by atoms with Crippen molar-refractivity contribution in [3.63, 3.8) is 0 Å². The Bertz CT molecular complexity index is 1040. The molecule has 28 heavy (non-hydrogen) atoms. The van der Waals surface area contributed by atoms with Crippen molar-refractivity contribution in [1.82, 2.24) is 29.9 Å². The molecule has 0 spiro atoms. The zero-order chi connectivity index (χ0) is 19.8. The lowest BCUT2D eigenvalue weighted by Crippen LogP contribution is -2.26. The number of nitrogens with zero attached hydrogens (tertiary/aromatic N) is 5. The average Bonchev–Trinajstić information content (AvgIpc) is 3.34. The fourth-order valence-corrected chi connectivity index (χ4v) is 3.54. The number of nitrogens with one attached hydrogen (secondary N) is 1. The summed E-state index contributed by atoms with van der Waals surface area (Å²) in [6.07, 6.45) is 4.27. The van der Waals surface area contributed by atoms with Crippen molar-refractivity contribution in [2.75, 3.05) is 0 Å². The van der Waals surface area contributed by atoms with E-state index in [1.54, 1.807) is 23.1 Å². The van der Waals surface area contributed by atoms with Gasteiger partial charge >= 0.3 is 0 Å². The highest BCUT2D eigenvalue weighted by Gasteiger charge is 2.26. The molecule has 1 aliphatic carbocycles. The molecular formula is C19H20Cl2N6O. The Labute approximate surface area is 172 Å². The van der Waals surface area contributed by atoms with Crippen molar-refractivity contribution in [3.8, 4) is 5.69 Å². The number of benzene rings is 1. The largest absolute Gasteiger partial charge is 0.349 e. The lowest BCUT2D eigenvalue weighted by Gasteiger charge is -2.08. The quantitative estimate of drug-likeness (QED) is 0.663. The lowest BCUT2D eigenvalue weighted by atomic mass is 10.1. The van der Waals surface area contributed by atoms with Crippen LogP contribution in [0.4, 0.5) is 0 Å². The van der Waals surface area contributed by atoms with Crippen molar-refractivity contribution in [2.45, 2.75) is 45.7 Å². The maximum Gasteiger partial charge on any atom is 0.224 e. The van der Waals surface area contributed by atoms with E-state index in [-0.39, 0.29) is 12.3 Å². The first-order valence-corrected chi connectivity index (χ1v) is 9.85. The van der Waals surface area contributed by atoms with Gasteiger partial charge in [0.25, 0.3) is 0 Å². The summed E-state index contributed by atoms with van der Waals surface area (Å²) in [5, 5.41) is 16.5. The molecular weight excluding hydrogens is 399 g/mol. The highest BCUT2D eigenvalue weighted by atomic mass is 35.5. The van der Waals surface area contributed by atoms with Crippen LogP contribution in [0.5, 0.6) is 0 Å². The van der Waals surface area contributed by atoms with E-state index in [0.717, 1.165) is 41.3 Å². The molecule has 0 unspecified atom stereocenters. The maximum absolute atomic E-state index is 12.5. The van der Waals surface area contributed by atoms with Gasteiger partial charge in [-0.3, -0.25) is 4.79 Å². The minimum atomic E-state index is -0.0785. The molecule has 4 rings (SSSR count). The van der Waals surface area contributed by atoms with Crippen LogP contribution in [0.1, 0.15) is 41.7 Å². The van der Waals surface area contributed by atoms with Crippen LogP contribution < -0.4 is 5.32 Å². The van der Waals surface area contributed by atoms with Crippen LogP contribution in [-0.4, -0.2) is 30.5 Å². The molecule has 1 aliphatic rings. The molecule has 146 valence electrons. The summed E-state index contributed by atoms with van der Waals surface area (Å²) >= 11 is 12.1. The molecule has 3 aromatic rings. The van der Waals surface area contributed by atoms with Crippen LogP contribution in [0.15, 0.2) is 24.5 Å². The van der Waals surface area contributed by atoms with Gasteiger partial charge in [-0.1, -0.05) is 23.2 Å². The predicted octanol–water partition coefficient (Wildman–Crippen LogP) is 3.58. The molecule has 1 amide bonds. The van der Waals surface area contributed by atoms with E-state index in [0.29, 0.717) is 22.6 Å². The van der Waals surface area contributed by atoms with Gasteiger partial charge in [-0.15, -0.1) is 10.2 Å². The van der Waals surface area contributed by atoms with Crippen LogP contribution in [-0.2, 0) is 17.8 Å². The Hall–Kier alpha value is -2.38. The predicted molar refractivity (Wildman–Crippen MR) is 107 cm³/mol. The van der Waals surface area contributed by atoms with E-state index < -0.39 is 0 Å². The van der Waals surface area contributed by atoms with Gasteiger partial charge in [0.2, 0.25) is 5.91 Å². The smallest absolute Gasteiger partial charge is 0.224 e.